The Bertz CT molecular complexity index is 974. The Hall–Kier alpha value is -3.27. The third-order valence-corrected chi connectivity index (χ3v) is 3.46. The van der Waals surface area contributed by atoms with Crippen LogP contribution < -0.4 is 4.74 Å². The molecule has 2 heterocycles. The van der Waals surface area contributed by atoms with E-state index >= 15 is 0 Å². The lowest BCUT2D eigenvalue weighted by Crippen LogP contribution is -1.99. The molecule has 0 fully saturated rings. The first kappa shape index (κ1) is 16.6. The molecule has 3 aromatic rings. The number of hydrogen-bond acceptors (Lipinski definition) is 7. The summed E-state index contributed by atoms with van der Waals surface area (Å²) in [4.78, 5) is 10.7. The lowest BCUT2D eigenvalue weighted by Gasteiger charge is -2.04. The van der Waals surface area contributed by atoms with Gasteiger partial charge in [-0.05, 0) is 43.4 Å². The summed E-state index contributed by atoms with van der Waals surface area (Å²) < 4.78 is 12.2. The van der Waals surface area contributed by atoms with E-state index in [4.69, 9.17) is 21.4 Å². The number of hydrogen-bond donors (Lipinski definition) is 1. The third kappa shape index (κ3) is 3.48. The van der Waals surface area contributed by atoms with E-state index in [0.29, 0.717) is 23.8 Å². The van der Waals surface area contributed by atoms with Crippen molar-refractivity contribution >= 4 is 24.1 Å². The summed E-state index contributed by atoms with van der Waals surface area (Å²) in [6.07, 6.45) is 2.96. The Balaban J connectivity index is 1.96. The molecule has 0 radical (unpaired) electrons. The second kappa shape index (κ2) is 7.09. The number of furan rings is 1. The molecule has 0 atom stereocenters. The summed E-state index contributed by atoms with van der Waals surface area (Å²) in [6.45, 7) is 2.10. The van der Waals surface area contributed by atoms with Gasteiger partial charge in [0, 0.05) is 11.6 Å². The van der Waals surface area contributed by atoms with Crippen LogP contribution in [0, 0.1) is 14.9 Å². The molecule has 10 heteroatoms. The number of nitro groups is 1. The Kier molecular flexibility index (Phi) is 4.70. The van der Waals surface area contributed by atoms with Crippen LogP contribution in [0.15, 0.2) is 46.1 Å². The summed E-state index contributed by atoms with van der Waals surface area (Å²) in [5, 5.41) is 22.1. The van der Waals surface area contributed by atoms with Crippen molar-refractivity contribution in [2.75, 3.05) is 6.61 Å². The van der Waals surface area contributed by atoms with Crippen LogP contribution >= 0.6 is 12.2 Å². The van der Waals surface area contributed by atoms with Gasteiger partial charge in [-0.3, -0.25) is 10.1 Å². The van der Waals surface area contributed by atoms with Gasteiger partial charge in [0.25, 0.3) is 0 Å². The highest BCUT2D eigenvalue weighted by Gasteiger charge is 2.15. The molecule has 1 N–H and O–H groups in total. The number of aromatic nitrogens is 3. The summed E-state index contributed by atoms with van der Waals surface area (Å²) >= 11 is 5.15. The van der Waals surface area contributed by atoms with Gasteiger partial charge in [0.15, 0.2) is 11.5 Å². The SMILES string of the molecule is CCOc1ccc(/C=N\n2c(-c3ccco3)n[nH]c2=S)cc1[N+](=O)[O-]. The first-order valence-corrected chi connectivity index (χ1v) is 7.68. The Morgan fingerprint density at radius 2 is 2.36 bits per heavy atom. The maximum Gasteiger partial charge on any atom is 0.311 e. The number of benzene rings is 1. The van der Waals surface area contributed by atoms with E-state index in [0.717, 1.165) is 0 Å². The normalized spacial score (nSPS) is 11.1. The predicted octanol–water partition coefficient (Wildman–Crippen LogP) is 3.39. The Labute approximate surface area is 146 Å². The van der Waals surface area contributed by atoms with Crippen LogP contribution in [0.1, 0.15) is 12.5 Å². The van der Waals surface area contributed by atoms with Crippen molar-refractivity contribution in [3.8, 4) is 17.3 Å². The predicted molar refractivity (Wildman–Crippen MR) is 92.4 cm³/mol. The van der Waals surface area contributed by atoms with Gasteiger partial charge in [-0.2, -0.15) is 9.78 Å². The maximum atomic E-state index is 11.2. The van der Waals surface area contributed by atoms with E-state index in [1.807, 2.05) is 0 Å². The quantitative estimate of drug-likeness (QED) is 0.312. The molecule has 0 bridgehead atoms. The van der Waals surface area contributed by atoms with Crippen molar-refractivity contribution in [1.82, 2.24) is 14.9 Å². The van der Waals surface area contributed by atoms with Gasteiger partial charge >= 0.3 is 5.69 Å². The topological polar surface area (TPSA) is 111 Å². The van der Waals surface area contributed by atoms with Crippen LogP contribution in [0.4, 0.5) is 5.69 Å². The van der Waals surface area contributed by atoms with Gasteiger partial charge in [0.05, 0.1) is 24.0 Å². The van der Waals surface area contributed by atoms with Crippen molar-refractivity contribution in [2.24, 2.45) is 5.10 Å². The van der Waals surface area contributed by atoms with E-state index in [1.54, 1.807) is 25.1 Å². The number of aromatic amines is 1. The van der Waals surface area contributed by atoms with Crippen LogP contribution in [0.2, 0.25) is 0 Å². The number of nitro benzene ring substituents is 1. The summed E-state index contributed by atoms with van der Waals surface area (Å²) in [5.41, 5.74) is 0.386. The minimum Gasteiger partial charge on any atom is -0.487 e. The molecule has 128 valence electrons. The molecular weight excluding hydrogens is 346 g/mol. The summed E-state index contributed by atoms with van der Waals surface area (Å²) in [5.74, 6) is 1.09. The van der Waals surface area contributed by atoms with Gasteiger partial charge in [0.1, 0.15) is 0 Å². The summed E-state index contributed by atoms with van der Waals surface area (Å²) in [6, 6.07) is 8.02. The van der Waals surface area contributed by atoms with Crippen molar-refractivity contribution in [3.05, 3.63) is 57.0 Å². The molecule has 2 aromatic heterocycles. The molecule has 25 heavy (non-hydrogen) atoms. The average molecular weight is 359 g/mol. The lowest BCUT2D eigenvalue weighted by molar-refractivity contribution is -0.385. The highest BCUT2D eigenvalue weighted by atomic mass is 32.1. The molecule has 9 nitrogen and oxygen atoms in total. The van der Waals surface area contributed by atoms with Crippen LogP contribution in [-0.4, -0.2) is 32.6 Å². The largest absolute Gasteiger partial charge is 0.487 e. The van der Waals surface area contributed by atoms with Gasteiger partial charge in [-0.25, -0.2) is 5.10 Å². The number of H-pyrrole nitrogens is 1. The molecule has 0 amide bonds. The average Bonchev–Trinajstić information content (AvgIpc) is 3.23. The molecule has 0 aliphatic heterocycles. The van der Waals surface area contributed by atoms with Gasteiger partial charge in [-0.15, -0.1) is 5.10 Å². The fourth-order valence-electron chi connectivity index (χ4n) is 2.12. The number of nitrogens with one attached hydrogen (secondary N) is 1. The lowest BCUT2D eigenvalue weighted by atomic mass is 10.2. The third-order valence-electron chi connectivity index (χ3n) is 3.19. The molecule has 3 rings (SSSR count). The van der Waals surface area contributed by atoms with Crippen molar-refractivity contribution in [2.45, 2.75) is 6.92 Å². The van der Waals surface area contributed by atoms with E-state index in [1.165, 1.54) is 29.3 Å². The Morgan fingerprint density at radius 1 is 1.52 bits per heavy atom. The highest BCUT2D eigenvalue weighted by Crippen LogP contribution is 2.27. The zero-order valence-corrected chi connectivity index (χ0v) is 13.9. The fraction of sp³-hybridized carbons (Fsp3) is 0.133. The maximum absolute atomic E-state index is 11.2. The zero-order chi connectivity index (χ0) is 17.8. The minimum atomic E-state index is -0.500. The monoisotopic (exact) mass is 359 g/mol. The van der Waals surface area contributed by atoms with E-state index in [-0.39, 0.29) is 16.2 Å². The van der Waals surface area contributed by atoms with Crippen LogP contribution in [-0.2, 0) is 0 Å². The van der Waals surface area contributed by atoms with Crippen LogP contribution in [0.3, 0.4) is 0 Å². The van der Waals surface area contributed by atoms with Gasteiger partial charge in [0.2, 0.25) is 10.6 Å². The number of rotatable bonds is 6. The van der Waals surface area contributed by atoms with E-state index in [2.05, 4.69) is 15.3 Å². The van der Waals surface area contributed by atoms with Gasteiger partial charge < -0.3 is 9.15 Å². The van der Waals surface area contributed by atoms with Gasteiger partial charge in [-0.1, -0.05) is 0 Å². The second-order valence-corrected chi connectivity index (χ2v) is 5.19. The molecule has 0 spiro atoms. The smallest absolute Gasteiger partial charge is 0.311 e. The van der Waals surface area contributed by atoms with Crippen LogP contribution in [0.5, 0.6) is 5.75 Å². The molecule has 0 aliphatic rings. The molecule has 0 aliphatic carbocycles. The fourth-order valence-corrected chi connectivity index (χ4v) is 2.30. The first-order valence-electron chi connectivity index (χ1n) is 7.27. The zero-order valence-electron chi connectivity index (χ0n) is 13.1. The number of nitrogens with zero attached hydrogens (tertiary/aromatic N) is 4. The van der Waals surface area contributed by atoms with Crippen LogP contribution in [0.25, 0.3) is 11.6 Å². The van der Waals surface area contributed by atoms with Crippen molar-refractivity contribution in [3.63, 3.8) is 0 Å². The standard InChI is InChI=1S/C15H13N5O4S/c1-2-23-12-6-5-10(8-11(12)20(21)22)9-16-19-14(17-18-15(19)25)13-4-3-7-24-13/h3-9H,2H2,1H3,(H,18,25)/b16-9-. The second-order valence-electron chi connectivity index (χ2n) is 4.80. The Morgan fingerprint density at radius 3 is 3.04 bits per heavy atom. The van der Waals surface area contributed by atoms with Crippen molar-refractivity contribution in [1.29, 1.82) is 0 Å². The molecular formula is C15H13N5O4S. The van der Waals surface area contributed by atoms with E-state index in [9.17, 15) is 10.1 Å². The molecule has 1 aromatic carbocycles. The molecule has 0 unspecified atom stereocenters. The van der Waals surface area contributed by atoms with E-state index < -0.39 is 4.92 Å². The molecule has 0 saturated carbocycles. The van der Waals surface area contributed by atoms with Crippen molar-refractivity contribution < 1.29 is 14.1 Å². The molecule has 0 saturated heterocycles. The minimum absolute atomic E-state index is 0.132. The highest BCUT2D eigenvalue weighted by molar-refractivity contribution is 7.71. The first-order chi connectivity index (χ1) is 12.1. The summed E-state index contributed by atoms with van der Waals surface area (Å²) in [7, 11) is 0. The number of ether oxygens (including phenoxy) is 1.